The van der Waals surface area contributed by atoms with Crippen molar-refractivity contribution >= 4 is 11.4 Å². The highest BCUT2D eigenvalue weighted by Gasteiger charge is 2.78. The van der Waals surface area contributed by atoms with Gasteiger partial charge < -0.3 is 10.4 Å². The fourth-order valence-electron chi connectivity index (χ4n) is 6.32. The third-order valence-electron chi connectivity index (χ3n) is 6.40. The number of hydrogen-bond donors (Lipinski definition) is 2. The molecule has 4 atom stereocenters. The summed E-state index contributed by atoms with van der Waals surface area (Å²) in [5.41, 5.74) is 2.17. The summed E-state index contributed by atoms with van der Waals surface area (Å²) in [7, 11) is 0. The van der Waals surface area contributed by atoms with Crippen molar-refractivity contribution in [3.63, 3.8) is 0 Å². The monoisotopic (exact) mass is 218 g/mol. The molecular formula is C12H14N2O2. The first-order chi connectivity index (χ1) is 7.86. The van der Waals surface area contributed by atoms with E-state index >= 15 is 0 Å². The molecule has 0 radical (unpaired) electrons. The lowest BCUT2D eigenvalue weighted by Crippen LogP contribution is -2.41. The van der Waals surface area contributed by atoms with Gasteiger partial charge in [0.2, 0.25) is 0 Å². The normalized spacial score (nSPS) is 68.2. The van der Waals surface area contributed by atoms with Gasteiger partial charge in [0.05, 0.1) is 11.4 Å². The van der Waals surface area contributed by atoms with Crippen molar-refractivity contribution in [1.82, 2.24) is 0 Å². The van der Waals surface area contributed by atoms with Gasteiger partial charge in [0.1, 0.15) is 0 Å². The van der Waals surface area contributed by atoms with Crippen molar-refractivity contribution < 1.29 is 10.4 Å². The molecular weight excluding hydrogens is 204 g/mol. The molecule has 0 aromatic rings. The van der Waals surface area contributed by atoms with E-state index in [4.69, 9.17) is 0 Å². The Bertz CT molecular complexity index is 376. The van der Waals surface area contributed by atoms with Gasteiger partial charge in [-0.3, -0.25) is 0 Å². The molecule has 0 aromatic heterocycles. The summed E-state index contributed by atoms with van der Waals surface area (Å²) < 4.78 is 0. The maximum Gasteiger partial charge on any atom is 0.0638 e. The Morgan fingerprint density at radius 3 is 1.25 bits per heavy atom. The zero-order valence-corrected chi connectivity index (χ0v) is 8.82. The highest BCUT2D eigenvalue weighted by molar-refractivity contribution is 6.01. The third-order valence-corrected chi connectivity index (χ3v) is 6.40. The molecule has 0 heterocycles. The van der Waals surface area contributed by atoms with Crippen molar-refractivity contribution in [3.05, 3.63) is 0 Å². The highest BCUT2D eigenvalue weighted by atomic mass is 16.4. The first-order valence-corrected chi connectivity index (χ1v) is 6.30. The fourth-order valence-corrected chi connectivity index (χ4v) is 6.32. The topological polar surface area (TPSA) is 65.2 Å². The zero-order chi connectivity index (χ0) is 10.6. The largest absolute Gasteiger partial charge is 0.411 e. The SMILES string of the molecule is ON=C1[C@H]2C[C@H]3C(=NO)[C@H]4C[C@@H]1C1C2C3C14. The summed E-state index contributed by atoms with van der Waals surface area (Å²) in [6.45, 7) is 0. The molecule has 0 bridgehead atoms. The molecule has 16 heavy (non-hydrogen) atoms. The highest BCUT2D eigenvalue weighted by Crippen LogP contribution is 2.78. The summed E-state index contributed by atoms with van der Waals surface area (Å²) in [5.74, 6) is 5.05. The Hall–Kier alpha value is -1.06. The van der Waals surface area contributed by atoms with E-state index in [0.29, 0.717) is 23.7 Å². The van der Waals surface area contributed by atoms with Crippen LogP contribution >= 0.6 is 0 Å². The average Bonchev–Trinajstić information content (AvgIpc) is 2.77. The molecule has 5 aliphatic rings. The first-order valence-electron chi connectivity index (χ1n) is 6.30. The van der Waals surface area contributed by atoms with E-state index in [0.717, 1.165) is 47.9 Å². The van der Waals surface area contributed by atoms with Crippen LogP contribution in [-0.4, -0.2) is 21.8 Å². The third kappa shape index (κ3) is 0.531. The summed E-state index contributed by atoms with van der Waals surface area (Å²) >= 11 is 0. The molecule has 0 amide bonds. The van der Waals surface area contributed by atoms with Crippen molar-refractivity contribution in [2.75, 3.05) is 0 Å². The van der Waals surface area contributed by atoms with Gasteiger partial charge in [0, 0.05) is 23.7 Å². The lowest BCUT2D eigenvalue weighted by atomic mass is 9.60. The van der Waals surface area contributed by atoms with E-state index < -0.39 is 0 Å². The molecule has 5 aliphatic carbocycles. The molecule has 2 N–H and O–H groups in total. The quantitative estimate of drug-likeness (QED) is 0.477. The van der Waals surface area contributed by atoms with E-state index in [1.807, 2.05) is 0 Å². The van der Waals surface area contributed by atoms with Crippen LogP contribution < -0.4 is 0 Å². The molecule has 0 aromatic carbocycles. The van der Waals surface area contributed by atoms with Crippen molar-refractivity contribution in [2.24, 2.45) is 57.7 Å². The fraction of sp³-hybridized carbons (Fsp3) is 0.833. The van der Waals surface area contributed by atoms with Gasteiger partial charge in [-0.1, -0.05) is 10.3 Å². The van der Waals surface area contributed by atoms with E-state index in [2.05, 4.69) is 10.3 Å². The van der Waals surface area contributed by atoms with Crippen LogP contribution in [0.25, 0.3) is 0 Å². The summed E-state index contributed by atoms with van der Waals surface area (Å²) in [6.07, 6.45) is 2.16. The standard InChI is InChI=1S/C12H14N2O2/c15-13-11-3-1-4-8-7(3)9-5(11)2-6(10(8)9)12(4)14-16/h3-10,15-16H,1-2H2/t3-,4+,5+,6-,7?,8?,9?,10?. The number of oxime groups is 2. The Labute approximate surface area is 93.0 Å². The van der Waals surface area contributed by atoms with Gasteiger partial charge in [-0.2, -0.15) is 0 Å². The molecule has 5 rings (SSSR count). The Morgan fingerprint density at radius 1 is 0.688 bits per heavy atom. The van der Waals surface area contributed by atoms with Crippen molar-refractivity contribution in [3.8, 4) is 0 Å². The van der Waals surface area contributed by atoms with Gasteiger partial charge in [0.15, 0.2) is 0 Å². The van der Waals surface area contributed by atoms with Crippen molar-refractivity contribution in [2.45, 2.75) is 12.8 Å². The van der Waals surface area contributed by atoms with Crippen LogP contribution in [0, 0.1) is 47.3 Å². The summed E-state index contributed by atoms with van der Waals surface area (Å²) in [4.78, 5) is 0. The summed E-state index contributed by atoms with van der Waals surface area (Å²) in [6, 6.07) is 0. The minimum atomic E-state index is 0.504. The van der Waals surface area contributed by atoms with Gasteiger partial charge in [0.25, 0.3) is 0 Å². The summed E-state index contributed by atoms with van der Waals surface area (Å²) in [5, 5.41) is 25.6. The molecule has 0 aliphatic heterocycles. The van der Waals surface area contributed by atoms with Crippen molar-refractivity contribution in [1.29, 1.82) is 0 Å². The number of hydrogen-bond acceptors (Lipinski definition) is 4. The zero-order valence-electron chi connectivity index (χ0n) is 8.82. The maximum absolute atomic E-state index is 9.20. The van der Waals surface area contributed by atoms with Crippen LogP contribution in [0.5, 0.6) is 0 Å². The minimum absolute atomic E-state index is 0.504. The number of rotatable bonds is 0. The van der Waals surface area contributed by atoms with Gasteiger partial charge in [-0.25, -0.2) is 0 Å². The van der Waals surface area contributed by atoms with Crippen LogP contribution in [-0.2, 0) is 0 Å². The lowest BCUT2D eigenvalue weighted by molar-refractivity contribution is 0.0202. The van der Waals surface area contributed by atoms with Crippen LogP contribution in [0.1, 0.15) is 12.8 Å². The molecule has 5 saturated carbocycles. The van der Waals surface area contributed by atoms with E-state index in [1.54, 1.807) is 0 Å². The van der Waals surface area contributed by atoms with Crippen LogP contribution in [0.4, 0.5) is 0 Å². The lowest BCUT2D eigenvalue weighted by Gasteiger charge is -2.43. The maximum atomic E-state index is 9.20. The van der Waals surface area contributed by atoms with Gasteiger partial charge >= 0.3 is 0 Å². The number of nitrogens with zero attached hydrogens (tertiary/aromatic N) is 2. The first kappa shape index (κ1) is 8.09. The van der Waals surface area contributed by atoms with Gasteiger partial charge in [-0.15, -0.1) is 0 Å². The molecule has 4 heteroatoms. The van der Waals surface area contributed by atoms with E-state index in [9.17, 15) is 10.4 Å². The van der Waals surface area contributed by atoms with Gasteiger partial charge in [-0.05, 0) is 36.5 Å². The smallest absolute Gasteiger partial charge is 0.0638 e. The minimum Gasteiger partial charge on any atom is -0.411 e. The predicted molar refractivity (Wildman–Crippen MR) is 55.6 cm³/mol. The molecule has 5 fully saturated rings. The molecule has 4 nitrogen and oxygen atoms in total. The predicted octanol–water partition coefficient (Wildman–Crippen LogP) is 1.42. The molecule has 84 valence electrons. The molecule has 0 saturated heterocycles. The second kappa shape index (κ2) is 2.15. The van der Waals surface area contributed by atoms with Crippen LogP contribution in [0.3, 0.4) is 0 Å². The molecule has 0 unspecified atom stereocenters. The second-order valence-corrected chi connectivity index (χ2v) is 6.26. The average molecular weight is 218 g/mol. The van der Waals surface area contributed by atoms with Crippen LogP contribution in [0.15, 0.2) is 10.3 Å². The van der Waals surface area contributed by atoms with E-state index in [-0.39, 0.29) is 0 Å². The second-order valence-electron chi connectivity index (χ2n) is 6.26. The van der Waals surface area contributed by atoms with Crippen LogP contribution in [0.2, 0.25) is 0 Å². The van der Waals surface area contributed by atoms with E-state index in [1.165, 1.54) is 0 Å². The Morgan fingerprint density at radius 2 is 1.00 bits per heavy atom. The Balaban J connectivity index is 1.76. The Kier molecular flexibility index (Phi) is 1.09. The molecule has 0 spiro atoms.